The van der Waals surface area contributed by atoms with Crippen molar-refractivity contribution in [3.05, 3.63) is 0 Å². The van der Waals surface area contributed by atoms with Gasteiger partial charge in [-0.3, -0.25) is 0 Å². The van der Waals surface area contributed by atoms with Gasteiger partial charge in [0.05, 0.1) is 6.61 Å². The fourth-order valence-corrected chi connectivity index (χ4v) is 2.51. The fraction of sp³-hybridized carbons (Fsp3) is 1.00. The molecule has 1 aliphatic rings. The third-order valence-electron chi connectivity index (χ3n) is 1.36. The molecule has 52 valence electrons. The zero-order valence-corrected chi connectivity index (χ0v) is 6.79. The monoisotopic (exact) mass is 146 g/mol. The van der Waals surface area contributed by atoms with Crippen LogP contribution in [0.25, 0.3) is 0 Å². The Morgan fingerprint density at radius 2 is 2.44 bits per heavy atom. The van der Waals surface area contributed by atoms with E-state index in [1.54, 1.807) is 0 Å². The quantitative estimate of drug-likeness (QED) is 0.434. The molecule has 1 aliphatic heterocycles. The maximum atomic E-state index is 4.94. The molecule has 0 N–H and O–H groups in total. The van der Waals surface area contributed by atoms with E-state index < -0.39 is 14.5 Å². The maximum Gasteiger partial charge on any atom is 0.517 e. The van der Waals surface area contributed by atoms with Crippen molar-refractivity contribution in [3.8, 4) is 0 Å². The molecule has 0 unspecified atom stereocenters. The lowest BCUT2D eigenvalue weighted by Gasteiger charge is -2.14. The smallest absolute Gasteiger partial charge is 0.343 e. The van der Waals surface area contributed by atoms with Crippen molar-refractivity contribution in [2.24, 2.45) is 0 Å². The Morgan fingerprint density at radius 3 is 3.00 bits per heavy atom. The van der Waals surface area contributed by atoms with E-state index in [9.17, 15) is 0 Å². The van der Waals surface area contributed by atoms with Crippen LogP contribution in [0.5, 0.6) is 0 Å². The molecule has 0 radical (unpaired) electrons. The second kappa shape index (κ2) is 4.26. The van der Waals surface area contributed by atoms with Gasteiger partial charge in [0.1, 0.15) is 0 Å². The Morgan fingerprint density at radius 1 is 1.56 bits per heavy atom. The zero-order valence-electron chi connectivity index (χ0n) is 5.63. The van der Waals surface area contributed by atoms with E-state index >= 15 is 0 Å². The average Bonchev–Trinajstić information content (AvgIpc) is 1.91. The Balaban J connectivity index is 2.08. The third kappa shape index (κ3) is 2.66. The number of hydrogen-bond donors (Lipinski definition) is 0. The van der Waals surface area contributed by atoms with Gasteiger partial charge in [0.2, 0.25) is 0 Å². The summed E-state index contributed by atoms with van der Waals surface area (Å²) in [4.78, 5) is 4.56. The summed E-state index contributed by atoms with van der Waals surface area (Å²) >= 11 is -0.973. The summed E-state index contributed by atoms with van der Waals surface area (Å²) in [6, 6.07) is 0. The summed E-state index contributed by atoms with van der Waals surface area (Å²) in [6.07, 6.45) is 1.19. The van der Waals surface area contributed by atoms with E-state index in [2.05, 4.69) is 16.8 Å². The molecule has 0 bridgehead atoms. The Hall–Kier alpha value is 0.412. The highest BCUT2D eigenvalue weighted by Crippen LogP contribution is 2.09. The normalized spacial score (nSPS) is 20.3. The van der Waals surface area contributed by atoms with Gasteiger partial charge in [0.25, 0.3) is 0 Å². The predicted octanol–water partition coefficient (Wildman–Crippen LogP) is 1.28. The second-order valence-electron chi connectivity index (χ2n) is 2.19. The van der Waals surface area contributed by atoms with E-state index in [1.807, 2.05) is 0 Å². The molecule has 0 aromatic carbocycles. The highest BCUT2D eigenvalue weighted by atomic mass is 27.2. The lowest BCUT2D eigenvalue weighted by Crippen LogP contribution is -2.25. The van der Waals surface area contributed by atoms with Gasteiger partial charge < -0.3 is 3.94 Å². The summed E-state index contributed by atoms with van der Waals surface area (Å²) < 4.78 is 4.94. The van der Waals surface area contributed by atoms with Crippen LogP contribution in [0.4, 0.5) is 0 Å². The fourth-order valence-electron chi connectivity index (χ4n) is 0.859. The molecule has 0 atom stereocenters. The first-order valence-corrected chi connectivity index (χ1v) is 5.49. The van der Waals surface area contributed by atoms with Crippen LogP contribution < -0.4 is 0 Å². The van der Waals surface area contributed by atoms with Crippen LogP contribution in [-0.4, -0.2) is 21.1 Å². The molecule has 0 aromatic rings. The van der Waals surface area contributed by atoms with Gasteiger partial charge >= 0.3 is 14.5 Å². The first-order chi connectivity index (χ1) is 4.43. The van der Waals surface area contributed by atoms with Gasteiger partial charge in [-0.05, 0) is 5.28 Å². The van der Waals surface area contributed by atoms with Crippen molar-refractivity contribution in [2.45, 2.75) is 23.9 Å². The van der Waals surface area contributed by atoms with Crippen molar-refractivity contribution in [3.63, 3.8) is 0 Å². The molecule has 3 nitrogen and oxygen atoms in total. The Labute approximate surface area is 59.5 Å². The molecular weight excluding hydrogens is 135 g/mol. The molecule has 1 saturated heterocycles. The van der Waals surface area contributed by atoms with Crippen LogP contribution in [0.2, 0.25) is 10.6 Å². The van der Waals surface area contributed by atoms with Crippen LogP contribution in [0.3, 0.4) is 0 Å². The van der Waals surface area contributed by atoms with Gasteiger partial charge in [-0.1, -0.05) is 18.6 Å². The van der Waals surface area contributed by atoms with Crippen molar-refractivity contribution < 1.29 is 13.9 Å². The summed E-state index contributed by atoms with van der Waals surface area (Å²) in [7, 11) is 0. The van der Waals surface area contributed by atoms with Gasteiger partial charge in [0, 0.05) is 0 Å². The van der Waals surface area contributed by atoms with Gasteiger partial charge in [0.15, 0.2) is 0 Å². The van der Waals surface area contributed by atoms with Crippen LogP contribution in [0, 0.1) is 0 Å². The Kier molecular flexibility index (Phi) is 3.56. The molecule has 1 heterocycles. The first kappa shape index (κ1) is 7.52. The zero-order chi connectivity index (χ0) is 6.53. The van der Waals surface area contributed by atoms with Crippen molar-refractivity contribution >= 4 is 14.5 Å². The van der Waals surface area contributed by atoms with Crippen LogP contribution in [-0.2, 0) is 13.9 Å². The highest BCUT2D eigenvalue weighted by Gasteiger charge is 2.25. The van der Waals surface area contributed by atoms with E-state index in [0.717, 1.165) is 11.9 Å². The van der Waals surface area contributed by atoms with Gasteiger partial charge in [-0.2, -0.15) is 0 Å². The summed E-state index contributed by atoms with van der Waals surface area (Å²) in [5, 5.41) is 6.69. The minimum atomic E-state index is -0.973. The van der Waals surface area contributed by atoms with Crippen LogP contribution in [0.15, 0.2) is 0 Å². The Bertz CT molecular complexity index is 69.8. The van der Waals surface area contributed by atoms with Gasteiger partial charge in [-0.25, -0.2) is 4.89 Å². The molecule has 1 fully saturated rings. The van der Waals surface area contributed by atoms with E-state index in [0.29, 0.717) is 0 Å². The van der Waals surface area contributed by atoms with Crippen molar-refractivity contribution in [2.75, 3.05) is 6.61 Å². The second-order valence-corrected chi connectivity index (χ2v) is 4.78. The molecule has 0 aliphatic carbocycles. The topological polar surface area (TPSA) is 27.7 Å². The molecule has 0 saturated carbocycles. The molecule has 0 amide bonds. The molecular formula is C5H11AlO3. The lowest BCUT2D eigenvalue weighted by atomic mass is 10.6. The average molecular weight is 146 g/mol. The van der Waals surface area contributed by atoms with Crippen LogP contribution in [0.1, 0.15) is 13.3 Å². The molecule has 0 aromatic heterocycles. The standard InChI is InChI=1S/C3H7.C2H5O3.Al/c1-3-2;1-2-4-5-3;/h1,3H2,2H3;3H,1-2H2;/q;;+1/p-1. The van der Waals surface area contributed by atoms with E-state index in [4.69, 9.17) is 3.94 Å². The minimum absolute atomic E-state index is 0.719. The minimum Gasteiger partial charge on any atom is -0.343 e. The third-order valence-corrected chi connectivity index (χ3v) is 3.81. The molecule has 0 spiro atoms. The largest absolute Gasteiger partial charge is 0.517 e. The lowest BCUT2D eigenvalue weighted by molar-refractivity contribution is -0.480. The van der Waals surface area contributed by atoms with Crippen LogP contribution >= 0.6 is 0 Å². The first-order valence-electron chi connectivity index (χ1n) is 3.38. The molecule has 4 heteroatoms. The molecule has 9 heavy (non-hydrogen) atoms. The summed E-state index contributed by atoms with van der Waals surface area (Å²) in [5.41, 5.74) is 0. The maximum absolute atomic E-state index is 4.94. The van der Waals surface area contributed by atoms with E-state index in [-0.39, 0.29) is 0 Å². The summed E-state index contributed by atoms with van der Waals surface area (Å²) in [5.74, 6) is 0. The highest BCUT2D eigenvalue weighted by molar-refractivity contribution is 6.51. The predicted molar refractivity (Wildman–Crippen MR) is 33.8 cm³/mol. The number of rotatable bonds is 2. The molecule has 1 rings (SSSR count). The van der Waals surface area contributed by atoms with E-state index in [1.165, 1.54) is 11.7 Å². The summed E-state index contributed by atoms with van der Waals surface area (Å²) in [6.45, 7) is 2.88. The van der Waals surface area contributed by atoms with Crippen molar-refractivity contribution in [1.29, 1.82) is 0 Å². The SMILES string of the molecule is CC[CH2][Al]1[CH2]COO[O]1. The van der Waals surface area contributed by atoms with Crippen molar-refractivity contribution in [1.82, 2.24) is 0 Å². The van der Waals surface area contributed by atoms with Gasteiger partial charge in [-0.15, -0.1) is 5.04 Å². The number of hydrogen-bond acceptors (Lipinski definition) is 3.